The van der Waals surface area contributed by atoms with E-state index in [1.54, 1.807) is 6.92 Å². The molecule has 0 heterocycles. The minimum Gasteiger partial charge on any atom is -0.393 e. The average molecular weight is 231 g/mol. The molecule has 0 fully saturated rings. The lowest BCUT2D eigenvalue weighted by Gasteiger charge is -2.20. The predicted octanol–water partition coefficient (Wildman–Crippen LogP) is -0.434. The Bertz CT molecular complexity index is 241. The van der Waals surface area contributed by atoms with Crippen LogP contribution in [-0.4, -0.2) is 35.7 Å². The highest BCUT2D eigenvalue weighted by molar-refractivity contribution is 5.86. The highest BCUT2D eigenvalue weighted by Gasteiger charge is 2.22. The van der Waals surface area contributed by atoms with Gasteiger partial charge in [-0.05, 0) is 19.3 Å². The van der Waals surface area contributed by atoms with Gasteiger partial charge in [0.25, 0.3) is 0 Å². The van der Waals surface area contributed by atoms with Crippen molar-refractivity contribution >= 4 is 11.9 Å². The fourth-order valence-corrected chi connectivity index (χ4v) is 1.20. The third kappa shape index (κ3) is 6.23. The summed E-state index contributed by atoms with van der Waals surface area (Å²) < 4.78 is 0. The maximum absolute atomic E-state index is 11.6. The van der Waals surface area contributed by atoms with E-state index < -0.39 is 18.2 Å². The van der Waals surface area contributed by atoms with Crippen LogP contribution >= 0.6 is 0 Å². The molecule has 0 rings (SSSR count). The van der Waals surface area contributed by atoms with E-state index in [0.29, 0.717) is 13.0 Å². The number of hydrogen-bond donors (Lipinski definition) is 4. The van der Waals surface area contributed by atoms with Crippen LogP contribution in [0.1, 0.15) is 27.2 Å². The third-order valence-electron chi connectivity index (χ3n) is 2.11. The van der Waals surface area contributed by atoms with Gasteiger partial charge in [-0.3, -0.25) is 4.79 Å². The van der Waals surface area contributed by atoms with Gasteiger partial charge in [-0.1, -0.05) is 13.8 Å². The van der Waals surface area contributed by atoms with Crippen molar-refractivity contribution in [1.82, 2.24) is 10.6 Å². The molecule has 6 nitrogen and oxygen atoms in total. The smallest absolute Gasteiger partial charge is 0.312 e. The summed E-state index contributed by atoms with van der Waals surface area (Å²) in [6, 6.07) is -1.35. The van der Waals surface area contributed by atoms with Crippen molar-refractivity contribution in [2.24, 2.45) is 11.7 Å². The molecule has 0 aromatic heterocycles. The van der Waals surface area contributed by atoms with Gasteiger partial charge in [0.2, 0.25) is 5.91 Å². The lowest BCUT2D eigenvalue weighted by molar-refractivity contribution is -0.123. The summed E-state index contributed by atoms with van der Waals surface area (Å²) in [6.07, 6.45) is 0.0227. The summed E-state index contributed by atoms with van der Waals surface area (Å²) >= 11 is 0. The first-order valence-electron chi connectivity index (χ1n) is 5.36. The molecule has 0 aliphatic heterocycles. The Morgan fingerprint density at radius 2 is 1.88 bits per heavy atom. The Kier molecular flexibility index (Phi) is 6.48. The van der Waals surface area contributed by atoms with Crippen molar-refractivity contribution in [3.8, 4) is 0 Å². The standard InChI is InChI=1S/C10H21N3O3/c1-6(2)8(13-10(11)16)9(15)12-5-4-7(3)14/h6-8,14H,4-5H2,1-3H3,(H,12,15)(H3,11,13,16). The van der Waals surface area contributed by atoms with E-state index in [-0.39, 0.29) is 11.8 Å². The zero-order valence-electron chi connectivity index (χ0n) is 9.99. The van der Waals surface area contributed by atoms with Crippen molar-refractivity contribution in [1.29, 1.82) is 0 Å². The fraction of sp³-hybridized carbons (Fsp3) is 0.800. The van der Waals surface area contributed by atoms with Gasteiger partial charge in [-0.25, -0.2) is 4.79 Å². The fourth-order valence-electron chi connectivity index (χ4n) is 1.20. The highest BCUT2D eigenvalue weighted by Crippen LogP contribution is 2.01. The maximum Gasteiger partial charge on any atom is 0.312 e. The normalized spacial score (nSPS) is 14.3. The first-order valence-corrected chi connectivity index (χ1v) is 5.36. The topological polar surface area (TPSA) is 104 Å². The molecule has 5 N–H and O–H groups in total. The number of carbonyl (C=O) groups is 2. The molecule has 0 aliphatic carbocycles. The van der Waals surface area contributed by atoms with Gasteiger partial charge < -0.3 is 21.5 Å². The molecule has 94 valence electrons. The molecule has 16 heavy (non-hydrogen) atoms. The van der Waals surface area contributed by atoms with Gasteiger partial charge in [0, 0.05) is 6.54 Å². The Labute approximate surface area is 95.6 Å². The van der Waals surface area contributed by atoms with Crippen LogP contribution in [0.25, 0.3) is 0 Å². The zero-order valence-corrected chi connectivity index (χ0v) is 9.99. The second kappa shape index (κ2) is 7.05. The largest absolute Gasteiger partial charge is 0.393 e. The van der Waals surface area contributed by atoms with Gasteiger partial charge in [0.1, 0.15) is 6.04 Å². The zero-order chi connectivity index (χ0) is 12.7. The number of nitrogens with two attached hydrogens (primary N) is 1. The van der Waals surface area contributed by atoms with Crippen LogP contribution < -0.4 is 16.4 Å². The molecular formula is C10H21N3O3. The van der Waals surface area contributed by atoms with E-state index in [2.05, 4.69) is 10.6 Å². The van der Waals surface area contributed by atoms with Gasteiger partial charge >= 0.3 is 6.03 Å². The van der Waals surface area contributed by atoms with Crippen LogP contribution in [0.2, 0.25) is 0 Å². The van der Waals surface area contributed by atoms with Crippen LogP contribution in [0.5, 0.6) is 0 Å². The molecule has 0 aromatic rings. The summed E-state index contributed by atoms with van der Waals surface area (Å²) in [7, 11) is 0. The second-order valence-electron chi connectivity index (χ2n) is 4.16. The molecule has 0 bridgehead atoms. The Morgan fingerprint density at radius 1 is 1.31 bits per heavy atom. The van der Waals surface area contributed by atoms with Crippen molar-refractivity contribution in [2.75, 3.05) is 6.54 Å². The summed E-state index contributed by atoms with van der Waals surface area (Å²) in [5, 5.41) is 14.0. The molecule has 2 unspecified atom stereocenters. The van der Waals surface area contributed by atoms with Gasteiger partial charge in [-0.2, -0.15) is 0 Å². The number of nitrogens with one attached hydrogen (secondary N) is 2. The van der Waals surface area contributed by atoms with Gasteiger partial charge in [0.15, 0.2) is 0 Å². The molecule has 0 spiro atoms. The van der Waals surface area contributed by atoms with E-state index in [9.17, 15) is 9.59 Å². The lowest BCUT2D eigenvalue weighted by Crippen LogP contribution is -2.51. The van der Waals surface area contributed by atoms with Crippen LogP contribution in [0.4, 0.5) is 4.79 Å². The first-order chi connectivity index (χ1) is 7.34. The monoisotopic (exact) mass is 231 g/mol. The number of primary amides is 1. The maximum atomic E-state index is 11.6. The SMILES string of the molecule is CC(O)CCNC(=O)C(NC(N)=O)C(C)C. The minimum atomic E-state index is -0.718. The predicted molar refractivity (Wildman–Crippen MR) is 60.7 cm³/mol. The number of urea groups is 1. The van der Waals surface area contributed by atoms with Crippen molar-refractivity contribution in [2.45, 2.75) is 39.3 Å². The van der Waals surface area contributed by atoms with Crippen LogP contribution in [0.15, 0.2) is 0 Å². The Balaban J connectivity index is 4.12. The van der Waals surface area contributed by atoms with Crippen LogP contribution in [-0.2, 0) is 4.79 Å². The molecule has 6 heteroatoms. The van der Waals surface area contributed by atoms with E-state index in [1.165, 1.54) is 0 Å². The van der Waals surface area contributed by atoms with Crippen molar-refractivity contribution in [3.63, 3.8) is 0 Å². The minimum absolute atomic E-state index is 0.0425. The summed E-state index contributed by atoms with van der Waals surface area (Å²) in [4.78, 5) is 22.3. The number of carbonyl (C=O) groups excluding carboxylic acids is 2. The summed E-state index contributed by atoms with van der Waals surface area (Å²) in [6.45, 7) is 5.65. The van der Waals surface area contributed by atoms with E-state index in [0.717, 1.165) is 0 Å². The lowest BCUT2D eigenvalue weighted by atomic mass is 10.0. The van der Waals surface area contributed by atoms with Crippen LogP contribution in [0, 0.1) is 5.92 Å². The molecular weight excluding hydrogens is 210 g/mol. The van der Waals surface area contributed by atoms with E-state index >= 15 is 0 Å². The molecule has 0 saturated heterocycles. The summed E-state index contributed by atoms with van der Waals surface area (Å²) in [5.74, 6) is -0.325. The molecule has 0 aliphatic rings. The second-order valence-corrected chi connectivity index (χ2v) is 4.16. The molecule has 0 saturated carbocycles. The molecule has 0 radical (unpaired) electrons. The van der Waals surface area contributed by atoms with E-state index in [1.807, 2.05) is 13.8 Å². The first kappa shape index (κ1) is 14.7. The van der Waals surface area contributed by atoms with Crippen LogP contribution in [0.3, 0.4) is 0 Å². The molecule has 3 amide bonds. The quantitative estimate of drug-likeness (QED) is 0.498. The van der Waals surface area contributed by atoms with Gasteiger partial charge in [-0.15, -0.1) is 0 Å². The van der Waals surface area contributed by atoms with Crippen molar-refractivity contribution in [3.05, 3.63) is 0 Å². The number of hydrogen-bond acceptors (Lipinski definition) is 3. The Hall–Kier alpha value is -1.30. The Morgan fingerprint density at radius 3 is 2.25 bits per heavy atom. The summed E-state index contributed by atoms with van der Waals surface area (Å²) in [5.41, 5.74) is 4.98. The highest BCUT2D eigenvalue weighted by atomic mass is 16.3. The number of rotatable bonds is 6. The van der Waals surface area contributed by atoms with Crippen molar-refractivity contribution < 1.29 is 14.7 Å². The number of aliphatic hydroxyl groups excluding tert-OH is 1. The number of aliphatic hydroxyl groups is 1. The molecule has 0 aromatic carbocycles. The van der Waals surface area contributed by atoms with E-state index in [4.69, 9.17) is 10.8 Å². The average Bonchev–Trinajstić information content (AvgIpc) is 2.12. The van der Waals surface area contributed by atoms with Gasteiger partial charge in [0.05, 0.1) is 6.10 Å². The molecule has 2 atom stereocenters. The number of amides is 3. The third-order valence-corrected chi connectivity index (χ3v) is 2.11.